The van der Waals surface area contributed by atoms with Gasteiger partial charge in [-0.1, -0.05) is 30.9 Å². The Labute approximate surface area is 412 Å². The van der Waals surface area contributed by atoms with E-state index < -0.39 is 29.7 Å². The molecule has 0 amide bonds. The fourth-order valence-corrected chi connectivity index (χ4v) is 8.78. The minimum Gasteiger partial charge on any atom is -0.465 e. The van der Waals surface area contributed by atoms with Gasteiger partial charge in [-0.25, -0.2) is 9.78 Å². The molecular weight excluding hydrogens is 937 g/mol. The van der Waals surface area contributed by atoms with E-state index in [1.165, 1.54) is 11.3 Å². The molecule has 2 fully saturated rings. The molecule has 7 rings (SSSR count). The van der Waals surface area contributed by atoms with Crippen LogP contribution in [0.2, 0.25) is 0 Å². The molecule has 1 aromatic heterocycles. The number of hydrogen-bond acceptors (Lipinski definition) is 19. The monoisotopic (exact) mass is 986 g/mol. The minimum absolute atomic E-state index is 0.0657. The minimum atomic E-state index is -0.616. The van der Waals surface area contributed by atoms with Crippen LogP contribution >= 0.6 is 11.3 Å². The van der Waals surface area contributed by atoms with E-state index in [-0.39, 0.29) is 67.2 Å². The normalized spacial score (nSPS) is 17.5. The molecule has 71 heavy (non-hydrogen) atoms. The first-order chi connectivity index (χ1) is 34.5. The lowest BCUT2D eigenvalue weighted by molar-refractivity contribution is -0.152. The van der Waals surface area contributed by atoms with Gasteiger partial charge in [0.15, 0.2) is 5.75 Å². The Kier molecular flexibility index (Phi) is 18.0. The van der Waals surface area contributed by atoms with Crippen LogP contribution in [0.4, 0.5) is 10.8 Å². The molecule has 1 heterocycles. The number of azo groups is 1. The maximum Gasteiger partial charge on any atom is 0.333 e. The van der Waals surface area contributed by atoms with Crippen molar-refractivity contribution in [3.63, 3.8) is 0 Å². The first kappa shape index (κ1) is 50.9. The van der Waals surface area contributed by atoms with E-state index >= 15 is 0 Å². The van der Waals surface area contributed by atoms with Gasteiger partial charge in [0.1, 0.15) is 28.5 Å². The van der Waals surface area contributed by atoms with Crippen molar-refractivity contribution in [2.45, 2.75) is 71.1 Å². The van der Waals surface area contributed by atoms with E-state index in [2.05, 4.69) is 27.9 Å². The number of fused-ring (bicyclic) bond motifs is 1. The second kappa shape index (κ2) is 25.0. The predicted molar refractivity (Wildman–Crippen MR) is 254 cm³/mol. The number of esters is 6. The highest BCUT2D eigenvalue weighted by molar-refractivity contribution is 7.22. The lowest BCUT2D eigenvalue weighted by atomic mass is 9.82. The lowest BCUT2D eigenvalue weighted by Crippen LogP contribution is -2.30. The van der Waals surface area contributed by atoms with Crippen molar-refractivity contribution in [2.75, 3.05) is 20.2 Å². The molecule has 2 aliphatic rings. The molecule has 0 spiro atoms. The first-order valence-electron chi connectivity index (χ1n) is 23.0. The SMILES string of the molecule is C=CC(=O)OCOc1ccc(OC(=O)C2CCC(C(=O)Oc3ccc(CCOC(=O)C4CCC(C(=O)Oc5ccc(OCOC(=O)CC)cc5)CC4)c4sc(N=Nc5ccc(C#N)cc5)nc34)CC2)cc1. The molecule has 0 saturated heterocycles. The van der Waals surface area contributed by atoms with Crippen molar-refractivity contribution in [1.29, 1.82) is 5.26 Å². The standard InChI is InChI=1S/C52H50N4O14S/c1-3-44(57)66-30-64-39-18-22-41(23-19-39)68-49(60)35-9-7-34(8-10-35)48(59)63-28-27-33-15-26-43(46-47(33)71-52(54-46)56-55-38-16-5-32(29-53)6-17-38)70-51(62)37-13-11-36(12-14-37)50(61)69-42-24-20-40(21-25-42)65-31-67-45(58)4-2/h4-6,15-26,34-37H,2-3,7-14,27-28,30-31H2,1H3. The van der Waals surface area contributed by atoms with Crippen LogP contribution in [0.25, 0.3) is 10.2 Å². The average molecular weight is 987 g/mol. The molecule has 2 saturated carbocycles. The Hall–Kier alpha value is -7.98. The fraction of sp³-hybridized carbons (Fsp3) is 0.346. The number of carbonyl (C=O) groups is 6. The number of nitrogens with zero attached hydrogens (tertiary/aromatic N) is 4. The largest absolute Gasteiger partial charge is 0.465 e. The van der Waals surface area contributed by atoms with Crippen molar-refractivity contribution < 1.29 is 66.7 Å². The highest BCUT2D eigenvalue weighted by Crippen LogP contribution is 2.39. The number of thiazole rings is 1. The van der Waals surface area contributed by atoms with Crippen LogP contribution in [0.5, 0.6) is 28.7 Å². The summed E-state index contributed by atoms with van der Waals surface area (Å²) in [6.07, 6.45) is 5.09. The molecular formula is C52H50N4O14S. The van der Waals surface area contributed by atoms with E-state index in [0.717, 1.165) is 11.6 Å². The zero-order valence-corrected chi connectivity index (χ0v) is 39.6. The molecule has 4 aromatic carbocycles. The van der Waals surface area contributed by atoms with Gasteiger partial charge in [-0.2, -0.15) is 5.26 Å². The van der Waals surface area contributed by atoms with Gasteiger partial charge in [-0.3, -0.25) is 24.0 Å². The summed E-state index contributed by atoms with van der Waals surface area (Å²) < 4.78 is 44.0. The van der Waals surface area contributed by atoms with Crippen LogP contribution in [0.1, 0.15) is 75.8 Å². The number of hydrogen-bond donors (Lipinski definition) is 0. The molecule has 2 aliphatic carbocycles. The molecule has 0 N–H and O–H groups in total. The van der Waals surface area contributed by atoms with Crippen LogP contribution in [-0.4, -0.2) is 61.0 Å². The van der Waals surface area contributed by atoms with Crippen LogP contribution in [0.15, 0.2) is 108 Å². The van der Waals surface area contributed by atoms with E-state index in [9.17, 15) is 28.8 Å². The van der Waals surface area contributed by atoms with Crippen molar-refractivity contribution in [1.82, 2.24) is 4.98 Å². The summed E-state index contributed by atoms with van der Waals surface area (Å²) >= 11 is 1.23. The number of rotatable bonds is 20. The summed E-state index contributed by atoms with van der Waals surface area (Å²) in [6.45, 7) is 4.56. The maximum atomic E-state index is 13.6. The summed E-state index contributed by atoms with van der Waals surface area (Å²) in [7, 11) is 0. The molecule has 0 bridgehead atoms. The first-order valence-corrected chi connectivity index (χ1v) is 23.9. The van der Waals surface area contributed by atoms with Crippen LogP contribution in [0, 0.1) is 35.0 Å². The molecule has 5 aromatic rings. The van der Waals surface area contributed by atoms with Crippen LogP contribution < -0.4 is 23.7 Å². The average Bonchev–Trinajstić information content (AvgIpc) is 3.84. The van der Waals surface area contributed by atoms with Gasteiger partial charge < -0.3 is 37.9 Å². The zero-order chi connectivity index (χ0) is 50.1. The van der Waals surface area contributed by atoms with Gasteiger partial charge in [0.2, 0.25) is 18.7 Å². The third-order valence-corrected chi connectivity index (χ3v) is 12.9. The van der Waals surface area contributed by atoms with Gasteiger partial charge >= 0.3 is 35.8 Å². The Balaban J connectivity index is 0.912. The molecule has 368 valence electrons. The van der Waals surface area contributed by atoms with Gasteiger partial charge in [-0.05, 0) is 136 Å². The Morgan fingerprint density at radius 2 is 1.15 bits per heavy atom. The fourth-order valence-electron chi connectivity index (χ4n) is 7.84. The summed E-state index contributed by atoms with van der Waals surface area (Å²) in [4.78, 5) is 80.1. The number of nitriles is 1. The van der Waals surface area contributed by atoms with Gasteiger partial charge in [-0.15, -0.1) is 10.2 Å². The highest BCUT2D eigenvalue weighted by atomic mass is 32.1. The topological polar surface area (TPSA) is 238 Å². The third kappa shape index (κ3) is 14.5. The number of carbonyl (C=O) groups excluding carboxylic acids is 6. The van der Waals surface area contributed by atoms with Crippen LogP contribution in [0.3, 0.4) is 0 Å². The smallest absolute Gasteiger partial charge is 0.333 e. The Bertz CT molecular complexity index is 2770. The van der Waals surface area contributed by atoms with E-state index in [0.29, 0.717) is 102 Å². The van der Waals surface area contributed by atoms with Crippen molar-refractivity contribution in [3.05, 3.63) is 109 Å². The molecule has 19 heteroatoms. The third-order valence-electron chi connectivity index (χ3n) is 11.9. The Morgan fingerprint density at radius 3 is 1.68 bits per heavy atom. The van der Waals surface area contributed by atoms with Gasteiger partial charge in [0.25, 0.3) is 0 Å². The highest BCUT2D eigenvalue weighted by Gasteiger charge is 2.34. The van der Waals surface area contributed by atoms with Crippen molar-refractivity contribution >= 4 is 68.2 Å². The molecule has 0 aliphatic heterocycles. The molecule has 0 unspecified atom stereocenters. The van der Waals surface area contributed by atoms with Gasteiger partial charge in [0, 0.05) is 18.9 Å². The van der Waals surface area contributed by atoms with Crippen molar-refractivity contribution in [2.24, 2.45) is 33.9 Å². The second-order valence-electron chi connectivity index (χ2n) is 16.5. The Morgan fingerprint density at radius 1 is 0.648 bits per heavy atom. The second-order valence-corrected chi connectivity index (χ2v) is 17.5. The van der Waals surface area contributed by atoms with E-state index in [4.69, 9.17) is 43.2 Å². The maximum absolute atomic E-state index is 13.6. The summed E-state index contributed by atoms with van der Waals surface area (Å²) in [5.41, 5.74) is 2.15. The molecule has 0 atom stereocenters. The van der Waals surface area contributed by atoms with Gasteiger partial charge in [0.05, 0.1) is 52.3 Å². The summed E-state index contributed by atoms with van der Waals surface area (Å²) in [6, 6.07) is 24.8. The van der Waals surface area contributed by atoms with E-state index in [1.54, 1.807) is 91.9 Å². The summed E-state index contributed by atoms with van der Waals surface area (Å²) in [5.74, 6) is -2.49. The van der Waals surface area contributed by atoms with Crippen LogP contribution in [-0.2, 0) is 49.4 Å². The number of benzene rings is 4. The zero-order valence-electron chi connectivity index (χ0n) is 38.8. The number of aromatic nitrogens is 1. The quantitative estimate of drug-likeness (QED) is 0.0176. The molecule has 18 nitrogen and oxygen atoms in total. The van der Waals surface area contributed by atoms with E-state index in [1.807, 2.05) is 0 Å². The van der Waals surface area contributed by atoms with Crippen molar-refractivity contribution in [3.8, 4) is 34.8 Å². The summed E-state index contributed by atoms with van der Waals surface area (Å²) in [5, 5.41) is 18.1. The lowest BCUT2D eigenvalue weighted by Gasteiger charge is -2.26. The number of ether oxygens (including phenoxy) is 8. The molecule has 0 radical (unpaired) electrons. The predicted octanol–water partition coefficient (Wildman–Crippen LogP) is 9.75.